The molecule has 1 aromatic carbocycles. The molecule has 4 heteroatoms. The van der Waals surface area contributed by atoms with Gasteiger partial charge < -0.3 is 4.90 Å². The molecule has 1 aromatic heterocycles. The lowest BCUT2D eigenvalue weighted by Crippen LogP contribution is -2.41. The number of rotatable bonds is 2. The van der Waals surface area contributed by atoms with E-state index in [9.17, 15) is 4.79 Å². The van der Waals surface area contributed by atoms with E-state index in [0.29, 0.717) is 0 Å². The second-order valence-electron chi connectivity index (χ2n) is 7.64. The van der Waals surface area contributed by atoms with E-state index in [4.69, 9.17) is 0 Å². The van der Waals surface area contributed by atoms with Crippen LogP contribution in [0.3, 0.4) is 0 Å². The molecule has 25 heavy (non-hydrogen) atoms. The van der Waals surface area contributed by atoms with E-state index in [1.165, 1.54) is 16.7 Å². The van der Waals surface area contributed by atoms with Crippen molar-refractivity contribution in [2.45, 2.75) is 32.9 Å². The summed E-state index contributed by atoms with van der Waals surface area (Å²) < 4.78 is 0. The highest BCUT2D eigenvalue weighted by Crippen LogP contribution is 2.39. The van der Waals surface area contributed by atoms with Crippen molar-refractivity contribution in [1.82, 2.24) is 14.8 Å². The molecule has 0 saturated carbocycles. The minimum atomic E-state index is 0.167. The number of hydrogen-bond donors (Lipinski definition) is 0. The number of hydrogen-bond acceptors (Lipinski definition) is 3. The van der Waals surface area contributed by atoms with Gasteiger partial charge in [-0.1, -0.05) is 30.3 Å². The maximum atomic E-state index is 12.2. The van der Waals surface area contributed by atoms with Gasteiger partial charge in [-0.2, -0.15) is 0 Å². The highest BCUT2D eigenvalue weighted by molar-refractivity contribution is 5.73. The predicted molar refractivity (Wildman–Crippen MR) is 97.8 cm³/mol. The van der Waals surface area contributed by atoms with Crippen molar-refractivity contribution in [2.24, 2.45) is 5.41 Å². The Morgan fingerprint density at radius 1 is 1.16 bits per heavy atom. The Labute approximate surface area is 149 Å². The average molecular weight is 335 g/mol. The topological polar surface area (TPSA) is 36.4 Å². The normalized spacial score (nSPS) is 23.5. The van der Waals surface area contributed by atoms with Crippen LogP contribution in [-0.4, -0.2) is 40.3 Å². The van der Waals surface area contributed by atoms with Gasteiger partial charge in [0.15, 0.2) is 0 Å². The molecule has 1 saturated heterocycles. The first-order valence-corrected chi connectivity index (χ1v) is 9.07. The Morgan fingerprint density at radius 3 is 2.76 bits per heavy atom. The minimum absolute atomic E-state index is 0.167. The van der Waals surface area contributed by atoms with Crippen molar-refractivity contribution in [3.8, 4) is 0 Å². The Morgan fingerprint density at radius 2 is 2.00 bits per heavy atom. The number of nitrogens with zero attached hydrogens (tertiary/aromatic N) is 3. The third-order valence-electron chi connectivity index (χ3n) is 5.66. The summed E-state index contributed by atoms with van der Waals surface area (Å²) in [6.07, 6.45) is 5.99. The van der Waals surface area contributed by atoms with Gasteiger partial charge in [0.1, 0.15) is 0 Å². The number of aromatic nitrogens is 1. The molecule has 2 aliphatic rings. The first-order valence-electron chi connectivity index (χ1n) is 9.07. The van der Waals surface area contributed by atoms with Crippen LogP contribution in [0.25, 0.3) is 0 Å². The van der Waals surface area contributed by atoms with Crippen molar-refractivity contribution in [3.05, 3.63) is 65.5 Å². The maximum Gasteiger partial charge on any atom is 0.219 e. The van der Waals surface area contributed by atoms with Crippen molar-refractivity contribution in [2.75, 3.05) is 19.6 Å². The number of carbonyl (C=O) groups is 1. The molecule has 1 unspecified atom stereocenters. The Hall–Kier alpha value is -2.20. The third-order valence-corrected chi connectivity index (χ3v) is 5.66. The number of pyridine rings is 1. The molecule has 3 heterocycles. The number of fused-ring (bicyclic) bond motifs is 1. The molecule has 130 valence electrons. The first-order chi connectivity index (χ1) is 12.1. The largest absolute Gasteiger partial charge is 0.338 e. The molecule has 1 atom stereocenters. The van der Waals surface area contributed by atoms with Gasteiger partial charge in [0.2, 0.25) is 5.91 Å². The average Bonchev–Trinajstić information content (AvgIpc) is 2.90. The molecule has 1 spiro atoms. The Bertz CT molecular complexity index is 761. The zero-order valence-corrected chi connectivity index (χ0v) is 14.8. The summed E-state index contributed by atoms with van der Waals surface area (Å²) in [7, 11) is 0. The smallest absolute Gasteiger partial charge is 0.219 e. The zero-order chi connectivity index (χ0) is 17.3. The van der Waals surface area contributed by atoms with E-state index >= 15 is 0 Å². The van der Waals surface area contributed by atoms with Gasteiger partial charge in [0.05, 0.1) is 0 Å². The second kappa shape index (κ2) is 6.60. The van der Waals surface area contributed by atoms with Crippen LogP contribution in [0.15, 0.2) is 48.8 Å². The van der Waals surface area contributed by atoms with Gasteiger partial charge in [0, 0.05) is 50.9 Å². The van der Waals surface area contributed by atoms with Crippen LogP contribution in [0.2, 0.25) is 0 Å². The van der Waals surface area contributed by atoms with Crippen molar-refractivity contribution >= 4 is 5.91 Å². The Kier molecular flexibility index (Phi) is 4.30. The summed E-state index contributed by atoms with van der Waals surface area (Å²) in [6, 6.07) is 12.8. The van der Waals surface area contributed by atoms with Gasteiger partial charge in [-0.05, 0) is 42.1 Å². The summed E-state index contributed by atoms with van der Waals surface area (Å²) in [5.74, 6) is 0.182. The van der Waals surface area contributed by atoms with Gasteiger partial charge in [-0.3, -0.25) is 14.7 Å². The lowest BCUT2D eigenvalue weighted by atomic mass is 9.80. The SMILES string of the molecule is CC(=O)N1Cc2ccccc2CC2(CCN(Cc3cccnc3)C2)C1. The molecule has 0 bridgehead atoms. The van der Waals surface area contributed by atoms with Crippen molar-refractivity contribution in [3.63, 3.8) is 0 Å². The van der Waals surface area contributed by atoms with E-state index in [0.717, 1.165) is 45.6 Å². The van der Waals surface area contributed by atoms with Gasteiger partial charge in [-0.15, -0.1) is 0 Å². The molecular formula is C21H25N3O. The number of carbonyl (C=O) groups excluding carboxylic acids is 1. The van der Waals surface area contributed by atoms with Crippen LogP contribution < -0.4 is 0 Å². The fraction of sp³-hybridized carbons (Fsp3) is 0.429. The molecule has 4 nitrogen and oxygen atoms in total. The Balaban J connectivity index is 1.57. The predicted octanol–water partition coefficient (Wildman–Crippen LogP) is 2.88. The van der Waals surface area contributed by atoms with E-state index in [1.807, 2.05) is 23.4 Å². The molecule has 1 amide bonds. The zero-order valence-electron chi connectivity index (χ0n) is 14.8. The van der Waals surface area contributed by atoms with Crippen LogP contribution in [0.4, 0.5) is 0 Å². The number of benzene rings is 1. The molecule has 4 rings (SSSR count). The summed E-state index contributed by atoms with van der Waals surface area (Å²) in [5.41, 5.74) is 4.15. The minimum Gasteiger partial charge on any atom is -0.338 e. The lowest BCUT2D eigenvalue weighted by Gasteiger charge is -2.32. The van der Waals surface area contributed by atoms with Crippen LogP contribution in [0, 0.1) is 5.41 Å². The quantitative estimate of drug-likeness (QED) is 0.847. The van der Waals surface area contributed by atoms with Crippen molar-refractivity contribution in [1.29, 1.82) is 0 Å². The summed E-state index contributed by atoms with van der Waals surface area (Å²) in [4.78, 5) is 21.0. The standard InChI is InChI=1S/C21H25N3O/c1-17(25)24-14-20-7-3-2-6-19(20)11-21(16-24)8-10-23(15-21)13-18-5-4-9-22-12-18/h2-7,9,12H,8,10-11,13-16H2,1H3. The highest BCUT2D eigenvalue weighted by Gasteiger charge is 2.42. The van der Waals surface area contributed by atoms with Gasteiger partial charge >= 0.3 is 0 Å². The molecule has 2 aromatic rings. The fourth-order valence-corrected chi connectivity index (χ4v) is 4.42. The molecule has 2 aliphatic heterocycles. The second-order valence-corrected chi connectivity index (χ2v) is 7.64. The van der Waals surface area contributed by atoms with Crippen LogP contribution in [0.1, 0.15) is 30.0 Å². The number of likely N-dealkylation sites (tertiary alicyclic amines) is 1. The third kappa shape index (κ3) is 3.45. The fourth-order valence-electron chi connectivity index (χ4n) is 4.42. The van der Waals surface area contributed by atoms with Gasteiger partial charge in [-0.25, -0.2) is 0 Å². The van der Waals surface area contributed by atoms with Crippen LogP contribution in [0.5, 0.6) is 0 Å². The molecule has 0 radical (unpaired) electrons. The van der Waals surface area contributed by atoms with E-state index in [2.05, 4.69) is 40.2 Å². The van der Waals surface area contributed by atoms with Gasteiger partial charge in [0.25, 0.3) is 0 Å². The first kappa shape index (κ1) is 16.3. The lowest BCUT2D eigenvalue weighted by molar-refractivity contribution is -0.130. The van der Waals surface area contributed by atoms with E-state index < -0.39 is 0 Å². The highest BCUT2D eigenvalue weighted by atomic mass is 16.2. The summed E-state index contributed by atoms with van der Waals surface area (Å²) in [6.45, 7) is 6.38. The molecule has 1 fully saturated rings. The molecule has 0 aliphatic carbocycles. The monoisotopic (exact) mass is 335 g/mol. The van der Waals surface area contributed by atoms with Crippen LogP contribution >= 0.6 is 0 Å². The molecular weight excluding hydrogens is 310 g/mol. The summed E-state index contributed by atoms with van der Waals surface area (Å²) in [5, 5.41) is 0. The molecule has 0 N–H and O–H groups in total. The van der Waals surface area contributed by atoms with Crippen LogP contribution in [-0.2, 0) is 24.3 Å². The maximum absolute atomic E-state index is 12.2. The van der Waals surface area contributed by atoms with Crippen molar-refractivity contribution < 1.29 is 4.79 Å². The number of amides is 1. The van der Waals surface area contributed by atoms with E-state index in [1.54, 1.807) is 6.92 Å². The summed E-state index contributed by atoms with van der Waals surface area (Å²) >= 11 is 0. The van der Waals surface area contributed by atoms with E-state index in [-0.39, 0.29) is 11.3 Å².